The number of methoxy groups -OCH3 is 1. The Hall–Kier alpha value is -3.29. The third-order valence-electron chi connectivity index (χ3n) is 3.56. The minimum absolute atomic E-state index is 0.0766. The number of ether oxygens (including phenoxy) is 1. The Morgan fingerprint density at radius 1 is 1.25 bits per heavy atom. The molecule has 0 atom stereocenters. The van der Waals surface area contributed by atoms with E-state index in [9.17, 15) is 14.7 Å². The van der Waals surface area contributed by atoms with Gasteiger partial charge < -0.3 is 23.4 Å². The lowest BCUT2D eigenvalue weighted by Gasteiger charge is -2.11. The molecule has 0 spiro atoms. The van der Waals surface area contributed by atoms with E-state index in [0.29, 0.717) is 12.3 Å². The monoisotopic (exact) mass is 329 g/mol. The first-order valence-electron chi connectivity index (χ1n) is 7.13. The fourth-order valence-corrected chi connectivity index (χ4v) is 2.42. The number of furan rings is 1. The Bertz CT molecular complexity index is 860. The molecule has 0 aliphatic rings. The SMILES string of the molecule is COC(=O)c1ccc(Cn2c(Cn3ccnc3)ccc2C(=O)O)o1. The van der Waals surface area contributed by atoms with Crippen LogP contribution in [0.15, 0.2) is 47.4 Å². The first-order chi connectivity index (χ1) is 11.6. The van der Waals surface area contributed by atoms with E-state index in [1.165, 1.54) is 13.2 Å². The number of rotatable bonds is 6. The maximum absolute atomic E-state index is 11.5. The number of aromatic nitrogens is 3. The average molecular weight is 329 g/mol. The van der Waals surface area contributed by atoms with Crippen LogP contribution in [0.2, 0.25) is 0 Å². The van der Waals surface area contributed by atoms with Crippen molar-refractivity contribution in [3.63, 3.8) is 0 Å². The second-order valence-electron chi connectivity index (χ2n) is 5.09. The Labute approximate surface area is 136 Å². The smallest absolute Gasteiger partial charge is 0.373 e. The van der Waals surface area contributed by atoms with Crippen LogP contribution in [-0.4, -0.2) is 38.3 Å². The lowest BCUT2D eigenvalue weighted by atomic mass is 10.3. The van der Waals surface area contributed by atoms with E-state index in [1.807, 2.05) is 4.57 Å². The zero-order chi connectivity index (χ0) is 17.1. The van der Waals surface area contributed by atoms with Gasteiger partial charge in [0.2, 0.25) is 5.76 Å². The minimum Gasteiger partial charge on any atom is -0.477 e. The second-order valence-corrected chi connectivity index (χ2v) is 5.09. The van der Waals surface area contributed by atoms with Gasteiger partial charge >= 0.3 is 11.9 Å². The Morgan fingerprint density at radius 3 is 2.75 bits per heavy atom. The van der Waals surface area contributed by atoms with Crippen molar-refractivity contribution in [1.29, 1.82) is 0 Å². The van der Waals surface area contributed by atoms with E-state index in [2.05, 4.69) is 9.72 Å². The van der Waals surface area contributed by atoms with Crippen molar-refractivity contribution in [3.05, 3.63) is 65.9 Å². The Morgan fingerprint density at radius 2 is 2.08 bits per heavy atom. The standard InChI is InChI=1S/C16H15N3O5/c1-23-16(22)14-5-3-12(24-14)9-19-11(2-4-13(19)15(20)21)8-18-7-6-17-10-18/h2-7,10H,8-9H2,1H3,(H,20,21). The molecule has 3 heterocycles. The number of carboxylic acid groups (broad SMARTS) is 1. The summed E-state index contributed by atoms with van der Waals surface area (Å²) in [5, 5.41) is 9.37. The van der Waals surface area contributed by atoms with Crippen molar-refractivity contribution in [1.82, 2.24) is 14.1 Å². The quantitative estimate of drug-likeness (QED) is 0.693. The minimum atomic E-state index is -1.04. The number of carbonyl (C=O) groups is 2. The number of imidazole rings is 1. The van der Waals surface area contributed by atoms with Crippen molar-refractivity contribution in [3.8, 4) is 0 Å². The lowest BCUT2D eigenvalue weighted by Crippen LogP contribution is -2.13. The summed E-state index contributed by atoms with van der Waals surface area (Å²) in [5.41, 5.74) is 0.919. The summed E-state index contributed by atoms with van der Waals surface area (Å²) >= 11 is 0. The number of esters is 1. The van der Waals surface area contributed by atoms with Crippen molar-refractivity contribution in [2.24, 2.45) is 0 Å². The van der Waals surface area contributed by atoms with Crippen LogP contribution in [-0.2, 0) is 17.8 Å². The molecule has 0 unspecified atom stereocenters. The zero-order valence-corrected chi connectivity index (χ0v) is 12.9. The van der Waals surface area contributed by atoms with Crippen LogP contribution in [0.25, 0.3) is 0 Å². The van der Waals surface area contributed by atoms with Gasteiger partial charge in [0, 0.05) is 18.1 Å². The molecule has 0 bridgehead atoms. The third kappa shape index (κ3) is 3.07. The normalized spacial score (nSPS) is 10.7. The largest absolute Gasteiger partial charge is 0.477 e. The van der Waals surface area contributed by atoms with Crippen LogP contribution in [0.5, 0.6) is 0 Å². The summed E-state index contributed by atoms with van der Waals surface area (Å²) in [6.45, 7) is 0.660. The predicted molar refractivity (Wildman–Crippen MR) is 81.9 cm³/mol. The highest BCUT2D eigenvalue weighted by Gasteiger charge is 2.17. The van der Waals surface area contributed by atoms with Crippen LogP contribution >= 0.6 is 0 Å². The molecule has 3 aromatic rings. The first kappa shape index (κ1) is 15.6. The molecule has 0 aliphatic carbocycles. The van der Waals surface area contributed by atoms with Gasteiger partial charge in [-0.05, 0) is 24.3 Å². The lowest BCUT2D eigenvalue weighted by molar-refractivity contribution is 0.0561. The summed E-state index contributed by atoms with van der Waals surface area (Å²) in [6.07, 6.45) is 5.10. The van der Waals surface area contributed by atoms with E-state index in [-0.39, 0.29) is 18.0 Å². The topological polar surface area (TPSA) is 99.5 Å². The van der Waals surface area contributed by atoms with E-state index in [4.69, 9.17) is 4.42 Å². The summed E-state index contributed by atoms with van der Waals surface area (Å²) < 4.78 is 13.5. The highest BCUT2D eigenvalue weighted by Crippen LogP contribution is 2.17. The molecule has 24 heavy (non-hydrogen) atoms. The highest BCUT2D eigenvalue weighted by molar-refractivity contribution is 5.86. The first-order valence-corrected chi connectivity index (χ1v) is 7.13. The van der Waals surface area contributed by atoms with Gasteiger partial charge in [-0.2, -0.15) is 0 Å². The van der Waals surface area contributed by atoms with Crippen LogP contribution < -0.4 is 0 Å². The molecule has 8 heteroatoms. The fraction of sp³-hybridized carbons (Fsp3) is 0.188. The molecule has 0 amide bonds. The van der Waals surface area contributed by atoms with E-state index in [1.54, 1.807) is 41.5 Å². The molecule has 3 rings (SSSR count). The zero-order valence-electron chi connectivity index (χ0n) is 12.9. The summed E-state index contributed by atoms with van der Waals surface area (Å²) in [5.74, 6) is -1.08. The molecule has 0 aliphatic heterocycles. The summed E-state index contributed by atoms with van der Waals surface area (Å²) in [4.78, 5) is 26.9. The van der Waals surface area contributed by atoms with Crippen molar-refractivity contribution < 1.29 is 23.8 Å². The maximum Gasteiger partial charge on any atom is 0.373 e. The van der Waals surface area contributed by atoms with Crippen LogP contribution in [0.3, 0.4) is 0 Å². The number of carbonyl (C=O) groups excluding carboxylic acids is 1. The number of nitrogens with zero attached hydrogens (tertiary/aromatic N) is 3. The molecule has 8 nitrogen and oxygen atoms in total. The van der Waals surface area contributed by atoms with Gasteiger partial charge in [-0.25, -0.2) is 14.6 Å². The number of aromatic carboxylic acids is 1. The number of hydrogen-bond donors (Lipinski definition) is 1. The molecule has 0 saturated heterocycles. The van der Waals surface area contributed by atoms with Crippen LogP contribution in [0, 0.1) is 0 Å². The van der Waals surface area contributed by atoms with Crippen LogP contribution in [0.4, 0.5) is 0 Å². The Kier molecular flexibility index (Phi) is 4.19. The summed E-state index contributed by atoms with van der Waals surface area (Å²) in [6, 6.07) is 6.41. The van der Waals surface area contributed by atoms with Gasteiger partial charge in [-0.1, -0.05) is 0 Å². The van der Waals surface area contributed by atoms with Crippen molar-refractivity contribution in [2.45, 2.75) is 13.1 Å². The summed E-state index contributed by atoms with van der Waals surface area (Å²) in [7, 11) is 1.27. The van der Waals surface area contributed by atoms with Crippen molar-refractivity contribution >= 4 is 11.9 Å². The van der Waals surface area contributed by atoms with Gasteiger partial charge in [0.1, 0.15) is 11.5 Å². The van der Waals surface area contributed by atoms with Gasteiger partial charge in [0.25, 0.3) is 0 Å². The molecule has 0 aromatic carbocycles. The van der Waals surface area contributed by atoms with Gasteiger partial charge in [0.05, 0.1) is 26.5 Å². The average Bonchev–Trinajstić information content (AvgIpc) is 3.29. The van der Waals surface area contributed by atoms with E-state index in [0.717, 1.165) is 5.69 Å². The maximum atomic E-state index is 11.5. The molecular formula is C16H15N3O5. The predicted octanol–water partition coefficient (Wildman–Crippen LogP) is 1.86. The van der Waals surface area contributed by atoms with Gasteiger partial charge in [0.15, 0.2) is 0 Å². The van der Waals surface area contributed by atoms with Gasteiger partial charge in [-0.3, -0.25) is 0 Å². The van der Waals surface area contributed by atoms with Crippen LogP contribution in [0.1, 0.15) is 32.5 Å². The fourth-order valence-electron chi connectivity index (χ4n) is 2.42. The molecule has 0 fully saturated rings. The molecule has 124 valence electrons. The van der Waals surface area contributed by atoms with E-state index >= 15 is 0 Å². The van der Waals surface area contributed by atoms with E-state index < -0.39 is 11.9 Å². The number of hydrogen-bond acceptors (Lipinski definition) is 5. The Balaban J connectivity index is 1.90. The molecule has 0 saturated carbocycles. The van der Waals surface area contributed by atoms with Crippen molar-refractivity contribution in [2.75, 3.05) is 7.11 Å². The number of carboxylic acids is 1. The molecule has 1 N–H and O–H groups in total. The molecular weight excluding hydrogens is 314 g/mol. The molecule has 3 aromatic heterocycles. The second kappa shape index (κ2) is 6.45. The van der Waals surface area contributed by atoms with Gasteiger partial charge in [-0.15, -0.1) is 0 Å². The highest BCUT2D eigenvalue weighted by atomic mass is 16.5. The molecule has 0 radical (unpaired) electrons. The third-order valence-corrected chi connectivity index (χ3v) is 3.56.